The van der Waals surface area contributed by atoms with E-state index in [4.69, 9.17) is 5.73 Å². The van der Waals surface area contributed by atoms with Gasteiger partial charge in [0, 0.05) is 23.1 Å². The number of nitrogens with two attached hydrogens (primary N) is 1. The fourth-order valence-corrected chi connectivity index (χ4v) is 5.06. The molecule has 0 aromatic heterocycles. The van der Waals surface area contributed by atoms with E-state index < -0.39 is 11.6 Å². The first-order valence-electron chi connectivity index (χ1n) is 7.64. The van der Waals surface area contributed by atoms with E-state index in [-0.39, 0.29) is 5.56 Å². The monoisotopic (exact) mass is 324 g/mol. The zero-order valence-electron chi connectivity index (χ0n) is 13.1. The SMILES string of the molecule is CSC1CC(N/C=C(\N)c2cc(C)c(F)c(F)c2)C2C(C)C12. The summed E-state index contributed by atoms with van der Waals surface area (Å²) in [7, 11) is 0. The highest BCUT2D eigenvalue weighted by Gasteiger charge is 2.59. The average molecular weight is 324 g/mol. The maximum Gasteiger partial charge on any atom is 0.161 e. The number of aryl methyl sites for hydroxylation is 1. The minimum Gasteiger partial charge on any atom is -0.397 e. The lowest BCUT2D eigenvalue weighted by atomic mass is 10.1. The number of thioether (sulfide) groups is 1. The molecule has 0 saturated heterocycles. The topological polar surface area (TPSA) is 38.0 Å². The smallest absolute Gasteiger partial charge is 0.161 e. The van der Waals surface area contributed by atoms with Gasteiger partial charge in [0.2, 0.25) is 0 Å². The van der Waals surface area contributed by atoms with Gasteiger partial charge in [-0.25, -0.2) is 8.78 Å². The predicted molar refractivity (Wildman–Crippen MR) is 88.2 cm³/mol. The molecule has 0 radical (unpaired) electrons. The van der Waals surface area contributed by atoms with Crippen LogP contribution in [0.5, 0.6) is 0 Å². The molecule has 2 aliphatic carbocycles. The Labute approximate surface area is 134 Å². The molecule has 0 bridgehead atoms. The molecule has 2 aliphatic rings. The summed E-state index contributed by atoms with van der Waals surface area (Å²) in [5.41, 5.74) is 7.26. The van der Waals surface area contributed by atoms with Gasteiger partial charge in [-0.05, 0) is 55.1 Å². The number of hydrogen-bond acceptors (Lipinski definition) is 3. The van der Waals surface area contributed by atoms with Crippen molar-refractivity contribution in [2.45, 2.75) is 31.6 Å². The number of fused-ring (bicyclic) bond motifs is 1. The predicted octanol–water partition coefficient (Wildman–Crippen LogP) is 3.51. The van der Waals surface area contributed by atoms with Crippen LogP contribution in [0.4, 0.5) is 8.78 Å². The third kappa shape index (κ3) is 2.60. The van der Waals surface area contributed by atoms with Crippen molar-refractivity contribution in [1.82, 2.24) is 5.32 Å². The van der Waals surface area contributed by atoms with Crippen LogP contribution in [-0.2, 0) is 0 Å². The lowest BCUT2D eigenvalue weighted by Crippen LogP contribution is -2.27. The maximum absolute atomic E-state index is 13.5. The van der Waals surface area contributed by atoms with Crippen LogP contribution in [0.3, 0.4) is 0 Å². The first-order valence-corrected chi connectivity index (χ1v) is 8.93. The van der Waals surface area contributed by atoms with E-state index in [9.17, 15) is 8.78 Å². The van der Waals surface area contributed by atoms with Gasteiger partial charge in [0.15, 0.2) is 11.6 Å². The second-order valence-electron chi connectivity index (χ2n) is 6.49. The van der Waals surface area contributed by atoms with Crippen molar-refractivity contribution >= 4 is 17.5 Å². The third-order valence-corrected chi connectivity index (χ3v) is 6.31. The molecular formula is C17H22F2N2S. The zero-order valence-corrected chi connectivity index (χ0v) is 13.9. The Bertz CT molecular complexity index is 594. The average Bonchev–Trinajstić information content (AvgIpc) is 2.99. The van der Waals surface area contributed by atoms with Crippen LogP contribution < -0.4 is 11.1 Å². The van der Waals surface area contributed by atoms with Crippen LogP contribution in [-0.4, -0.2) is 17.5 Å². The van der Waals surface area contributed by atoms with Crippen LogP contribution in [0, 0.1) is 36.3 Å². The van der Waals surface area contributed by atoms with Crippen LogP contribution >= 0.6 is 11.8 Å². The summed E-state index contributed by atoms with van der Waals surface area (Å²) < 4.78 is 26.8. The summed E-state index contributed by atoms with van der Waals surface area (Å²) in [6.07, 6.45) is 5.06. The first-order chi connectivity index (χ1) is 10.4. The molecule has 0 spiro atoms. The minimum absolute atomic E-state index is 0.269. The second kappa shape index (κ2) is 5.76. The quantitative estimate of drug-likeness (QED) is 0.890. The van der Waals surface area contributed by atoms with Crippen LogP contribution in [0.15, 0.2) is 18.3 Å². The molecule has 120 valence electrons. The van der Waals surface area contributed by atoms with Crippen molar-refractivity contribution in [2.75, 3.05) is 6.26 Å². The maximum atomic E-state index is 13.5. The fourth-order valence-electron chi connectivity index (χ4n) is 3.92. The molecule has 3 N–H and O–H groups in total. The van der Waals surface area contributed by atoms with Crippen molar-refractivity contribution in [2.24, 2.45) is 23.5 Å². The molecule has 2 saturated carbocycles. The number of nitrogens with one attached hydrogen (secondary N) is 1. The van der Waals surface area contributed by atoms with Crippen LogP contribution in [0.2, 0.25) is 0 Å². The summed E-state index contributed by atoms with van der Waals surface area (Å²) in [5.74, 6) is 0.632. The van der Waals surface area contributed by atoms with E-state index in [1.807, 2.05) is 11.8 Å². The summed E-state index contributed by atoms with van der Waals surface area (Å²) in [4.78, 5) is 0. The minimum atomic E-state index is -0.856. The van der Waals surface area contributed by atoms with Gasteiger partial charge in [-0.1, -0.05) is 6.92 Å². The molecule has 2 nitrogen and oxygen atoms in total. The van der Waals surface area contributed by atoms with Gasteiger partial charge >= 0.3 is 0 Å². The van der Waals surface area contributed by atoms with Crippen molar-refractivity contribution < 1.29 is 8.78 Å². The number of halogens is 2. The third-order valence-electron chi connectivity index (χ3n) is 5.20. The molecule has 5 atom stereocenters. The Morgan fingerprint density at radius 1 is 1.36 bits per heavy atom. The molecule has 0 amide bonds. The molecule has 0 heterocycles. The van der Waals surface area contributed by atoms with Gasteiger partial charge in [0.25, 0.3) is 0 Å². The van der Waals surface area contributed by atoms with Crippen molar-refractivity contribution in [3.8, 4) is 0 Å². The molecule has 1 aromatic rings. The Kier molecular flexibility index (Phi) is 4.10. The van der Waals surface area contributed by atoms with Gasteiger partial charge in [-0.2, -0.15) is 11.8 Å². The Balaban J connectivity index is 1.71. The molecule has 1 aromatic carbocycles. The van der Waals surface area contributed by atoms with Gasteiger partial charge in [0.05, 0.1) is 5.70 Å². The van der Waals surface area contributed by atoms with Crippen molar-refractivity contribution in [3.05, 3.63) is 41.1 Å². The zero-order chi connectivity index (χ0) is 16.0. The Hall–Kier alpha value is -1.23. The second-order valence-corrected chi connectivity index (χ2v) is 7.56. The summed E-state index contributed by atoms with van der Waals surface area (Å²) >= 11 is 1.94. The Morgan fingerprint density at radius 3 is 2.68 bits per heavy atom. The lowest BCUT2D eigenvalue weighted by Gasteiger charge is -2.18. The van der Waals surface area contributed by atoms with E-state index in [1.165, 1.54) is 0 Å². The summed E-state index contributed by atoms with van der Waals surface area (Å²) in [6.45, 7) is 3.84. The van der Waals surface area contributed by atoms with Crippen LogP contribution in [0.1, 0.15) is 24.5 Å². The highest BCUT2D eigenvalue weighted by Crippen LogP contribution is 2.60. The molecule has 0 aliphatic heterocycles. The van der Waals surface area contributed by atoms with Gasteiger partial charge in [-0.3, -0.25) is 0 Å². The van der Waals surface area contributed by atoms with Crippen molar-refractivity contribution in [1.29, 1.82) is 0 Å². The standard InChI is InChI=1S/C17H22F2N2S/c1-8-4-10(5-11(18)17(8)19)12(20)7-21-13-6-14(22-3)16-9(2)15(13)16/h4-5,7,9,13-16,21H,6,20H2,1-3H3/b12-7-. The lowest BCUT2D eigenvalue weighted by molar-refractivity contribution is 0.500. The highest BCUT2D eigenvalue weighted by atomic mass is 32.2. The first kappa shape index (κ1) is 15.7. The van der Waals surface area contributed by atoms with Crippen molar-refractivity contribution in [3.63, 3.8) is 0 Å². The molecule has 3 rings (SSSR count). The van der Waals surface area contributed by atoms with E-state index in [1.54, 1.807) is 19.2 Å². The van der Waals surface area contributed by atoms with E-state index in [2.05, 4.69) is 18.5 Å². The number of benzene rings is 1. The molecule has 2 fully saturated rings. The van der Waals surface area contributed by atoms with Gasteiger partial charge in [0.1, 0.15) is 0 Å². The largest absolute Gasteiger partial charge is 0.397 e. The normalized spacial score (nSPS) is 33.7. The number of hydrogen-bond donors (Lipinski definition) is 2. The fraction of sp³-hybridized carbons (Fsp3) is 0.529. The van der Waals surface area contributed by atoms with E-state index in [0.29, 0.717) is 23.2 Å². The molecule has 5 unspecified atom stereocenters. The number of rotatable bonds is 4. The highest BCUT2D eigenvalue weighted by molar-refractivity contribution is 7.99. The van der Waals surface area contributed by atoms with E-state index >= 15 is 0 Å². The molecular weight excluding hydrogens is 302 g/mol. The Morgan fingerprint density at radius 2 is 2.09 bits per heavy atom. The van der Waals surface area contributed by atoms with Gasteiger partial charge < -0.3 is 11.1 Å². The summed E-state index contributed by atoms with van der Waals surface area (Å²) in [6, 6.07) is 3.16. The molecule has 5 heteroatoms. The van der Waals surface area contributed by atoms with E-state index in [0.717, 1.165) is 29.6 Å². The van der Waals surface area contributed by atoms with Crippen LogP contribution in [0.25, 0.3) is 5.70 Å². The molecule has 22 heavy (non-hydrogen) atoms. The summed E-state index contributed by atoms with van der Waals surface area (Å²) in [5, 5.41) is 4.12. The van der Waals surface area contributed by atoms with Gasteiger partial charge in [-0.15, -0.1) is 0 Å².